The molecule has 0 unspecified atom stereocenters. The summed E-state index contributed by atoms with van der Waals surface area (Å²) in [4.78, 5) is 14.2. The van der Waals surface area contributed by atoms with E-state index in [0.29, 0.717) is 13.2 Å². The number of anilines is 1. The number of aromatic nitrogens is 3. The molecule has 2 aromatic heterocycles. The van der Waals surface area contributed by atoms with Crippen molar-refractivity contribution in [2.24, 2.45) is 0 Å². The highest BCUT2D eigenvalue weighted by atomic mass is 32.2. The number of carbonyl (C=O) groups is 1. The number of esters is 1. The van der Waals surface area contributed by atoms with Gasteiger partial charge in [-0.05, 0) is 37.8 Å². The SMILES string of the molecule is CCCCOC(=O)CSc1nnc(N2CCCCC2)n1Cc1ccco1. The van der Waals surface area contributed by atoms with Crippen LogP contribution >= 0.6 is 11.8 Å². The van der Waals surface area contributed by atoms with Crippen LogP contribution in [0, 0.1) is 0 Å². The predicted octanol–water partition coefficient (Wildman–Crippen LogP) is 3.35. The first-order chi connectivity index (χ1) is 12.8. The molecular weight excluding hydrogens is 352 g/mol. The molecule has 0 aromatic carbocycles. The molecule has 142 valence electrons. The van der Waals surface area contributed by atoms with Crippen LogP contribution in [0.4, 0.5) is 5.95 Å². The minimum atomic E-state index is -0.212. The fourth-order valence-corrected chi connectivity index (χ4v) is 3.64. The van der Waals surface area contributed by atoms with Crippen molar-refractivity contribution in [3.05, 3.63) is 24.2 Å². The molecule has 0 radical (unpaired) electrons. The highest BCUT2D eigenvalue weighted by Gasteiger charge is 2.21. The zero-order valence-corrected chi connectivity index (χ0v) is 16.0. The predicted molar refractivity (Wildman–Crippen MR) is 100 cm³/mol. The summed E-state index contributed by atoms with van der Waals surface area (Å²) < 4.78 is 12.8. The van der Waals surface area contributed by atoms with Gasteiger partial charge in [-0.3, -0.25) is 9.36 Å². The van der Waals surface area contributed by atoms with E-state index in [2.05, 4.69) is 22.0 Å². The molecule has 0 spiro atoms. The lowest BCUT2D eigenvalue weighted by atomic mass is 10.1. The minimum Gasteiger partial charge on any atom is -0.467 e. The van der Waals surface area contributed by atoms with Crippen molar-refractivity contribution < 1.29 is 13.9 Å². The Morgan fingerprint density at radius 2 is 2.15 bits per heavy atom. The quantitative estimate of drug-likeness (QED) is 0.376. The third-order valence-electron chi connectivity index (χ3n) is 4.31. The molecule has 7 nitrogen and oxygen atoms in total. The highest BCUT2D eigenvalue weighted by molar-refractivity contribution is 7.99. The van der Waals surface area contributed by atoms with Gasteiger partial charge in [0.1, 0.15) is 5.76 Å². The largest absolute Gasteiger partial charge is 0.467 e. The Labute approximate surface area is 158 Å². The Balaban J connectivity index is 1.69. The van der Waals surface area contributed by atoms with Gasteiger partial charge in [-0.25, -0.2) is 0 Å². The highest BCUT2D eigenvalue weighted by Crippen LogP contribution is 2.25. The van der Waals surface area contributed by atoms with E-state index in [1.807, 2.05) is 16.7 Å². The van der Waals surface area contributed by atoms with Crippen LogP contribution in [0.15, 0.2) is 28.0 Å². The molecule has 0 bridgehead atoms. The summed E-state index contributed by atoms with van der Waals surface area (Å²) in [5, 5.41) is 9.44. The van der Waals surface area contributed by atoms with Crippen molar-refractivity contribution in [3.8, 4) is 0 Å². The number of rotatable bonds is 9. The van der Waals surface area contributed by atoms with Gasteiger partial charge < -0.3 is 14.1 Å². The second-order valence-electron chi connectivity index (χ2n) is 6.36. The van der Waals surface area contributed by atoms with Crippen LogP contribution in [0.2, 0.25) is 0 Å². The lowest BCUT2D eigenvalue weighted by molar-refractivity contribution is -0.140. The summed E-state index contributed by atoms with van der Waals surface area (Å²) in [6.45, 7) is 5.08. The van der Waals surface area contributed by atoms with Crippen molar-refractivity contribution in [2.75, 3.05) is 30.3 Å². The number of thioether (sulfide) groups is 1. The maximum Gasteiger partial charge on any atom is 0.316 e. The smallest absolute Gasteiger partial charge is 0.316 e. The zero-order chi connectivity index (χ0) is 18.2. The van der Waals surface area contributed by atoms with Crippen LogP contribution in [0.1, 0.15) is 44.8 Å². The molecule has 0 amide bonds. The van der Waals surface area contributed by atoms with Crippen molar-refractivity contribution >= 4 is 23.7 Å². The first kappa shape index (κ1) is 18.8. The molecule has 1 aliphatic heterocycles. The lowest BCUT2D eigenvalue weighted by Crippen LogP contribution is -2.32. The van der Waals surface area contributed by atoms with E-state index < -0.39 is 0 Å². The molecule has 0 saturated carbocycles. The summed E-state index contributed by atoms with van der Waals surface area (Å²) in [7, 11) is 0. The Morgan fingerprint density at radius 3 is 2.88 bits per heavy atom. The van der Waals surface area contributed by atoms with Crippen molar-refractivity contribution in [1.29, 1.82) is 0 Å². The monoisotopic (exact) mass is 378 g/mol. The lowest BCUT2D eigenvalue weighted by Gasteiger charge is -2.27. The molecule has 3 rings (SSSR count). The van der Waals surface area contributed by atoms with Gasteiger partial charge in [0.25, 0.3) is 0 Å². The second kappa shape index (κ2) is 9.66. The van der Waals surface area contributed by atoms with Crippen LogP contribution in [0.25, 0.3) is 0 Å². The van der Waals surface area contributed by atoms with Gasteiger partial charge >= 0.3 is 5.97 Å². The maximum atomic E-state index is 11.9. The average Bonchev–Trinajstić information content (AvgIpc) is 3.31. The minimum absolute atomic E-state index is 0.212. The van der Waals surface area contributed by atoms with Gasteiger partial charge in [0.2, 0.25) is 5.95 Å². The first-order valence-corrected chi connectivity index (χ1v) is 10.3. The summed E-state index contributed by atoms with van der Waals surface area (Å²) in [5.41, 5.74) is 0. The molecule has 0 atom stereocenters. The van der Waals surface area contributed by atoms with Gasteiger partial charge in [0.15, 0.2) is 5.16 Å². The molecule has 0 N–H and O–H groups in total. The van der Waals surface area contributed by atoms with E-state index in [4.69, 9.17) is 9.15 Å². The van der Waals surface area contributed by atoms with Gasteiger partial charge in [-0.2, -0.15) is 0 Å². The Morgan fingerprint density at radius 1 is 1.31 bits per heavy atom. The van der Waals surface area contributed by atoms with Crippen molar-refractivity contribution in [3.63, 3.8) is 0 Å². The topological polar surface area (TPSA) is 73.4 Å². The van der Waals surface area contributed by atoms with E-state index >= 15 is 0 Å². The number of piperidine rings is 1. The van der Waals surface area contributed by atoms with Gasteiger partial charge in [0, 0.05) is 13.1 Å². The number of hydrogen-bond donors (Lipinski definition) is 0. The first-order valence-electron chi connectivity index (χ1n) is 9.27. The maximum absolute atomic E-state index is 11.9. The number of carbonyl (C=O) groups excluding carboxylic acids is 1. The van der Waals surface area contributed by atoms with Gasteiger partial charge in [0.05, 0.1) is 25.2 Å². The van der Waals surface area contributed by atoms with E-state index in [9.17, 15) is 4.79 Å². The van der Waals surface area contributed by atoms with E-state index in [0.717, 1.165) is 42.8 Å². The standard InChI is InChI=1S/C18H26N4O3S/c1-2-3-11-25-16(23)14-26-18-20-19-17(21-9-5-4-6-10-21)22(18)13-15-8-7-12-24-15/h7-8,12H,2-6,9-11,13-14H2,1H3. The number of furan rings is 1. The normalized spacial score (nSPS) is 14.6. The Hall–Kier alpha value is -1.96. The fourth-order valence-electron chi connectivity index (χ4n) is 2.91. The second-order valence-corrected chi connectivity index (χ2v) is 7.30. The molecule has 2 aromatic rings. The summed E-state index contributed by atoms with van der Waals surface area (Å²) in [6, 6.07) is 3.81. The molecule has 26 heavy (non-hydrogen) atoms. The van der Waals surface area contributed by atoms with Gasteiger partial charge in [-0.1, -0.05) is 25.1 Å². The van der Waals surface area contributed by atoms with Crippen LogP contribution in [-0.2, 0) is 16.1 Å². The molecular formula is C18H26N4O3S. The Kier molecular flexibility index (Phi) is 6.99. The van der Waals surface area contributed by atoms with Crippen LogP contribution in [0.5, 0.6) is 0 Å². The number of nitrogens with zero attached hydrogens (tertiary/aromatic N) is 4. The fraction of sp³-hybridized carbons (Fsp3) is 0.611. The van der Waals surface area contributed by atoms with Gasteiger partial charge in [-0.15, -0.1) is 10.2 Å². The summed E-state index contributed by atoms with van der Waals surface area (Å²) in [6.07, 6.45) is 7.16. The third kappa shape index (κ3) is 5.03. The summed E-state index contributed by atoms with van der Waals surface area (Å²) >= 11 is 1.37. The summed E-state index contributed by atoms with van der Waals surface area (Å²) in [5.74, 6) is 1.72. The number of unbranched alkanes of at least 4 members (excludes halogenated alkanes) is 1. The van der Waals surface area contributed by atoms with Crippen molar-refractivity contribution in [1.82, 2.24) is 14.8 Å². The van der Waals surface area contributed by atoms with Crippen LogP contribution in [0.3, 0.4) is 0 Å². The van der Waals surface area contributed by atoms with E-state index in [1.165, 1.54) is 31.0 Å². The molecule has 0 aliphatic carbocycles. The number of ether oxygens (including phenoxy) is 1. The molecule has 3 heterocycles. The average molecular weight is 378 g/mol. The van der Waals surface area contributed by atoms with E-state index in [1.54, 1.807) is 6.26 Å². The van der Waals surface area contributed by atoms with Crippen molar-refractivity contribution in [2.45, 2.75) is 50.7 Å². The molecule has 1 aliphatic rings. The molecule has 1 saturated heterocycles. The van der Waals surface area contributed by atoms with Crippen LogP contribution in [-0.4, -0.2) is 46.2 Å². The number of hydrogen-bond acceptors (Lipinski definition) is 7. The zero-order valence-electron chi connectivity index (χ0n) is 15.2. The van der Waals surface area contributed by atoms with Crippen LogP contribution < -0.4 is 4.90 Å². The Bertz CT molecular complexity index is 681. The van der Waals surface area contributed by atoms with E-state index in [-0.39, 0.29) is 11.7 Å². The molecule has 1 fully saturated rings. The molecule has 8 heteroatoms. The third-order valence-corrected chi connectivity index (χ3v) is 5.25.